The summed E-state index contributed by atoms with van der Waals surface area (Å²) in [6, 6.07) is 0. The molecule has 1 aliphatic heterocycles. The molecular weight excluding hydrogens is 204 g/mol. The fourth-order valence-electron chi connectivity index (χ4n) is 1.74. The van der Waals surface area contributed by atoms with Gasteiger partial charge in [-0.15, -0.1) is 0 Å². The van der Waals surface area contributed by atoms with Gasteiger partial charge >= 0.3 is 5.97 Å². The molecule has 3 N–H and O–H groups in total. The number of rotatable bonds is 3. The van der Waals surface area contributed by atoms with E-state index in [9.17, 15) is 15.0 Å². The van der Waals surface area contributed by atoms with Crippen LogP contribution in [0.25, 0.3) is 0 Å². The minimum absolute atomic E-state index is 0.429. The van der Waals surface area contributed by atoms with Crippen molar-refractivity contribution in [2.75, 3.05) is 7.11 Å². The molecule has 0 amide bonds. The molecule has 6 heteroatoms. The molecule has 0 spiro atoms. The third kappa shape index (κ3) is 2.28. The van der Waals surface area contributed by atoms with E-state index in [2.05, 4.69) is 0 Å². The minimum Gasteiger partial charge on any atom is -0.479 e. The third-order valence-electron chi connectivity index (χ3n) is 2.61. The summed E-state index contributed by atoms with van der Waals surface area (Å²) in [6.07, 6.45) is -4.88. The Morgan fingerprint density at radius 2 is 2.00 bits per heavy atom. The molecule has 88 valence electrons. The van der Waals surface area contributed by atoms with E-state index in [0.717, 1.165) is 0 Å². The van der Waals surface area contributed by atoms with E-state index < -0.39 is 36.5 Å². The van der Waals surface area contributed by atoms with Crippen LogP contribution in [0.5, 0.6) is 0 Å². The van der Waals surface area contributed by atoms with Crippen LogP contribution in [-0.2, 0) is 14.3 Å². The average Bonchev–Trinajstić information content (AvgIpc) is 2.21. The van der Waals surface area contributed by atoms with Gasteiger partial charge in [0.05, 0.1) is 6.10 Å². The lowest BCUT2D eigenvalue weighted by Crippen LogP contribution is -2.60. The highest BCUT2D eigenvalue weighted by atomic mass is 16.6. The van der Waals surface area contributed by atoms with Crippen molar-refractivity contribution in [3.63, 3.8) is 0 Å². The second kappa shape index (κ2) is 4.89. The number of aliphatic hydroxyl groups is 2. The number of aliphatic carboxylic acids is 1. The van der Waals surface area contributed by atoms with Gasteiger partial charge in [0.1, 0.15) is 18.3 Å². The Kier molecular flexibility index (Phi) is 4.04. The van der Waals surface area contributed by atoms with Gasteiger partial charge in [-0.3, -0.25) is 0 Å². The smallest absolute Gasteiger partial charge is 0.335 e. The Morgan fingerprint density at radius 3 is 2.40 bits per heavy atom. The zero-order valence-electron chi connectivity index (χ0n) is 8.66. The van der Waals surface area contributed by atoms with Crippen molar-refractivity contribution in [3.8, 4) is 0 Å². The molecule has 6 nitrogen and oxygen atoms in total. The lowest BCUT2D eigenvalue weighted by molar-refractivity contribution is -0.233. The number of aliphatic hydroxyl groups excluding tert-OH is 2. The monoisotopic (exact) mass is 220 g/mol. The molecule has 0 aromatic carbocycles. The van der Waals surface area contributed by atoms with Crippen LogP contribution >= 0.6 is 0 Å². The molecule has 1 saturated heterocycles. The molecule has 1 aliphatic rings. The van der Waals surface area contributed by atoms with Gasteiger partial charge in [-0.2, -0.15) is 0 Å². The number of hydrogen-bond acceptors (Lipinski definition) is 5. The third-order valence-corrected chi connectivity index (χ3v) is 2.61. The van der Waals surface area contributed by atoms with Gasteiger partial charge in [-0.1, -0.05) is 6.92 Å². The number of hydrogen-bond donors (Lipinski definition) is 3. The molecule has 0 bridgehead atoms. The normalized spacial score (nSPS) is 41.5. The average molecular weight is 220 g/mol. The van der Waals surface area contributed by atoms with E-state index >= 15 is 0 Å². The van der Waals surface area contributed by atoms with Gasteiger partial charge in [0, 0.05) is 7.11 Å². The summed E-state index contributed by atoms with van der Waals surface area (Å²) in [4.78, 5) is 10.8. The van der Waals surface area contributed by atoms with Crippen LogP contribution in [-0.4, -0.2) is 58.9 Å². The van der Waals surface area contributed by atoms with E-state index in [4.69, 9.17) is 14.6 Å². The summed E-state index contributed by atoms with van der Waals surface area (Å²) < 4.78 is 9.97. The molecule has 0 saturated carbocycles. The fraction of sp³-hybridized carbons (Fsp3) is 0.889. The summed E-state index contributed by atoms with van der Waals surface area (Å²) in [5.74, 6) is -1.20. The van der Waals surface area contributed by atoms with E-state index in [-0.39, 0.29) is 0 Å². The van der Waals surface area contributed by atoms with Crippen molar-refractivity contribution in [2.45, 2.75) is 43.9 Å². The first-order valence-corrected chi connectivity index (χ1v) is 4.80. The van der Waals surface area contributed by atoms with E-state index in [0.29, 0.717) is 6.42 Å². The molecule has 15 heavy (non-hydrogen) atoms. The minimum atomic E-state index is -1.24. The van der Waals surface area contributed by atoms with Gasteiger partial charge in [-0.25, -0.2) is 4.79 Å². The predicted molar refractivity (Wildman–Crippen MR) is 49.4 cm³/mol. The molecule has 1 fully saturated rings. The van der Waals surface area contributed by atoms with Crippen LogP contribution in [0.1, 0.15) is 13.3 Å². The summed E-state index contributed by atoms with van der Waals surface area (Å²) in [7, 11) is 1.27. The van der Waals surface area contributed by atoms with Crippen LogP contribution < -0.4 is 0 Å². The maximum absolute atomic E-state index is 10.8. The molecule has 0 aliphatic carbocycles. The van der Waals surface area contributed by atoms with Gasteiger partial charge in [0.2, 0.25) is 0 Å². The van der Waals surface area contributed by atoms with Crippen LogP contribution in [0.3, 0.4) is 0 Å². The first-order chi connectivity index (χ1) is 7.02. The number of carboxylic acid groups (broad SMARTS) is 1. The summed E-state index contributed by atoms with van der Waals surface area (Å²) in [6.45, 7) is 1.74. The Morgan fingerprint density at radius 1 is 1.40 bits per heavy atom. The van der Waals surface area contributed by atoms with Crippen LogP contribution in [0, 0.1) is 0 Å². The number of carboxylic acids is 1. The van der Waals surface area contributed by atoms with Crippen LogP contribution in [0.4, 0.5) is 0 Å². The van der Waals surface area contributed by atoms with Gasteiger partial charge < -0.3 is 24.8 Å². The number of carbonyl (C=O) groups is 1. The van der Waals surface area contributed by atoms with Crippen LogP contribution in [0.2, 0.25) is 0 Å². The molecule has 1 heterocycles. The zero-order valence-corrected chi connectivity index (χ0v) is 8.66. The summed E-state index contributed by atoms with van der Waals surface area (Å²) in [5.41, 5.74) is 0. The molecular formula is C9H16O6. The van der Waals surface area contributed by atoms with Crippen molar-refractivity contribution < 1.29 is 29.6 Å². The largest absolute Gasteiger partial charge is 0.479 e. The molecule has 5 atom stereocenters. The number of methoxy groups -OCH3 is 1. The Hall–Kier alpha value is -0.690. The van der Waals surface area contributed by atoms with E-state index in [1.165, 1.54) is 7.11 Å². The standard InChI is InChI=1S/C9H16O6/c1-3-4-5(10)6(11)7(14-2)8(15-4)9(12)13/h4-8,10-11H,3H2,1-2H3,(H,12,13)/t4-,5?,6?,7-,8?/m0/s1. The van der Waals surface area contributed by atoms with Gasteiger partial charge in [-0.05, 0) is 6.42 Å². The van der Waals surface area contributed by atoms with E-state index in [1.807, 2.05) is 0 Å². The lowest BCUT2D eigenvalue weighted by Gasteiger charge is -2.40. The topological polar surface area (TPSA) is 96.2 Å². The van der Waals surface area contributed by atoms with E-state index in [1.54, 1.807) is 6.92 Å². The van der Waals surface area contributed by atoms with Crippen LogP contribution in [0.15, 0.2) is 0 Å². The Labute approximate surface area is 87.4 Å². The first kappa shape index (κ1) is 12.4. The van der Waals surface area contributed by atoms with Crippen molar-refractivity contribution >= 4 is 5.97 Å². The van der Waals surface area contributed by atoms with Gasteiger partial charge in [0.25, 0.3) is 0 Å². The van der Waals surface area contributed by atoms with Crippen molar-refractivity contribution in [1.82, 2.24) is 0 Å². The molecule has 0 aromatic heterocycles. The quantitative estimate of drug-likeness (QED) is 0.563. The number of ether oxygens (including phenoxy) is 2. The predicted octanol–water partition coefficient (Wildman–Crippen LogP) is -1.01. The summed E-state index contributed by atoms with van der Waals surface area (Å²) in [5, 5.41) is 28.1. The van der Waals surface area contributed by atoms with Gasteiger partial charge in [0.15, 0.2) is 6.10 Å². The lowest BCUT2D eigenvalue weighted by atomic mass is 9.93. The second-order valence-corrected chi connectivity index (χ2v) is 3.52. The maximum atomic E-state index is 10.8. The Balaban J connectivity index is 2.84. The molecule has 0 radical (unpaired) electrons. The molecule has 0 aromatic rings. The molecule has 1 rings (SSSR count). The highest BCUT2D eigenvalue weighted by Crippen LogP contribution is 2.24. The van der Waals surface area contributed by atoms with Crippen molar-refractivity contribution in [3.05, 3.63) is 0 Å². The zero-order chi connectivity index (χ0) is 11.6. The highest BCUT2D eigenvalue weighted by Gasteiger charge is 2.47. The summed E-state index contributed by atoms with van der Waals surface area (Å²) >= 11 is 0. The second-order valence-electron chi connectivity index (χ2n) is 3.52. The SMILES string of the molecule is CC[C@@H]1OC(C(=O)O)[C@@H](OC)C(O)C1O. The first-order valence-electron chi connectivity index (χ1n) is 4.80. The fourth-order valence-corrected chi connectivity index (χ4v) is 1.74. The molecule has 3 unspecified atom stereocenters. The Bertz CT molecular complexity index is 231. The maximum Gasteiger partial charge on any atom is 0.335 e. The highest BCUT2D eigenvalue weighted by molar-refractivity contribution is 5.73. The van der Waals surface area contributed by atoms with Crippen molar-refractivity contribution in [2.24, 2.45) is 0 Å². The van der Waals surface area contributed by atoms with Crippen molar-refractivity contribution in [1.29, 1.82) is 0 Å².